The van der Waals surface area contributed by atoms with Crippen molar-refractivity contribution < 1.29 is 17.9 Å². The van der Waals surface area contributed by atoms with Gasteiger partial charge in [-0.15, -0.1) is 0 Å². The number of carbonyl (C=O) groups excluding carboxylic acids is 1. The zero-order valence-electron chi connectivity index (χ0n) is 18.5. The highest BCUT2D eigenvalue weighted by molar-refractivity contribution is 7.89. The van der Waals surface area contributed by atoms with Gasteiger partial charge in [-0.25, -0.2) is 8.42 Å². The van der Waals surface area contributed by atoms with E-state index in [0.29, 0.717) is 18.7 Å². The van der Waals surface area contributed by atoms with Crippen molar-refractivity contribution in [2.75, 3.05) is 20.2 Å². The van der Waals surface area contributed by atoms with E-state index in [1.165, 1.54) is 24.3 Å². The number of amides is 1. The molecule has 7 heteroatoms. The van der Waals surface area contributed by atoms with Gasteiger partial charge in [0, 0.05) is 19.1 Å². The van der Waals surface area contributed by atoms with Crippen LogP contribution in [0.5, 0.6) is 5.75 Å². The molecule has 168 valence electrons. The fraction of sp³-hybridized carbons (Fsp3) is 0.696. The molecule has 30 heavy (non-hydrogen) atoms. The SMILES string of the molecule is COc1ccc(C(C)C)cc1S(=O)(=O)N1CCC[C@H](C(=O)NC2CCCCCC2)C1. The normalized spacial score (nSPS) is 21.9. The van der Waals surface area contributed by atoms with Gasteiger partial charge in [0.2, 0.25) is 15.9 Å². The number of benzene rings is 1. The summed E-state index contributed by atoms with van der Waals surface area (Å²) in [5, 5.41) is 3.20. The molecule has 1 aromatic carbocycles. The molecule has 1 aliphatic carbocycles. The number of hydrogen-bond donors (Lipinski definition) is 1. The van der Waals surface area contributed by atoms with Gasteiger partial charge in [0.15, 0.2) is 0 Å². The van der Waals surface area contributed by atoms with Gasteiger partial charge in [0.25, 0.3) is 0 Å². The molecule has 1 aliphatic heterocycles. The Morgan fingerprint density at radius 2 is 1.80 bits per heavy atom. The van der Waals surface area contributed by atoms with Crippen LogP contribution in [0.15, 0.2) is 23.1 Å². The second-order valence-corrected chi connectivity index (χ2v) is 10.9. The Kier molecular flexibility index (Phi) is 7.80. The average molecular weight is 437 g/mol. The van der Waals surface area contributed by atoms with Crippen molar-refractivity contribution in [3.63, 3.8) is 0 Å². The summed E-state index contributed by atoms with van der Waals surface area (Å²) >= 11 is 0. The smallest absolute Gasteiger partial charge is 0.246 e. The topological polar surface area (TPSA) is 75.7 Å². The number of ether oxygens (including phenoxy) is 1. The number of hydrogen-bond acceptors (Lipinski definition) is 4. The first-order valence-corrected chi connectivity index (χ1v) is 12.8. The summed E-state index contributed by atoms with van der Waals surface area (Å²) in [4.78, 5) is 13.1. The Bertz CT molecular complexity index is 830. The lowest BCUT2D eigenvalue weighted by Crippen LogP contribution is -2.47. The molecule has 0 bridgehead atoms. The van der Waals surface area contributed by atoms with Crippen LogP contribution in [0.25, 0.3) is 0 Å². The van der Waals surface area contributed by atoms with Crippen LogP contribution in [0.1, 0.15) is 76.7 Å². The maximum absolute atomic E-state index is 13.5. The van der Waals surface area contributed by atoms with Crippen LogP contribution < -0.4 is 10.1 Å². The number of carbonyl (C=O) groups is 1. The number of rotatable bonds is 6. The first-order valence-electron chi connectivity index (χ1n) is 11.3. The Morgan fingerprint density at radius 3 is 2.43 bits per heavy atom. The molecule has 1 atom stereocenters. The molecule has 1 saturated heterocycles. The molecule has 6 nitrogen and oxygen atoms in total. The third-order valence-corrected chi connectivity index (χ3v) is 8.31. The summed E-state index contributed by atoms with van der Waals surface area (Å²) in [5.41, 5.74) is 0.953. The predicted molar refractivity (Wildman–Crippen MR) is 118 cm³/mol. The van der Waals surface area contributed by atoms with Gasteiger partial charge in [-0.3, -0.25) is 4.79 Å². The minimum Gasteiger partial charge on any atom is -0.495 e. The summed E-state index contributed by atoms with van der Waals surface area (Å²) in [7, 11) is -2.25. The first-order chi connectivity index (χ1) is 14.3. The van der Waals surface area contributed by atoms with Crippen molar-refractivity contribution in [3.8, 4) is 5.75 Å². The number of nitrogens with zero attached hydrogens (tertiary/aromatic N) is 1. The van der Waals surface area contributed by atoms with E-state index in [-0.39, 0.29) is 35.2 Å². The van der Waals surface area contributed by atoms with Crippen LogP contribution in [0.3, 0.4) is 0 Å². The van der Waals surface area contributed by atoms with Crippen molar-refractivity contribution >= 4 is 15.9 Å². The molecule has 1 aromatic rings. The van der Waals surface area contributed by atoms with E-state index in [2.05, 4.69) is 5.32 Å². The summed E-state index contributed by atoms with van der Waals surface area (Å²) in [6, 6.07) is 5.58. The lowest BCUT2D eigenvalue weighted by molar-refractivity contribution is -0.126. The Morgan fingerprint density at radius 1 is 1.10 bits per heavy atom. The maximum atomic E-state index is 13.5. The van der Waals surface area contributed by atoms with E-state index in [1.54, 1.807) is 12.1 Å². The summed E-state index contributed by atoms with van der Waals surface area (Å²) in [6.45, 7) is 4.74. The molecule has 1 saturated carbocycles. The fourth-order valence-corrected chi connectivity index (χ4v) is 6.23. The highest BCUT2D eigenvalue weighted by Gasteiger charge is 2.35. The van der Waals surface area contributed by atoms with Gasteiger partial charge >= 0.3 is 0 Å². The molecule has 0 radical (unpaired) electrons. The molecule has 1 amide bonds. The van der Waals surface area contributed by atoms with Crippen molar-refractivity contribution in [3.05, 3.63) is 23.8 Å². The number of piperidine rings is 1. The molecule has 2 fully saturated rings. The van der Waals surface area contributed by atoms with Crippen LogP contribution in [0, 0.1) is 5.92 Å². The van der Waals surface area contributed by atoms with Gasteiger partial charge in [-0.1, -0.05) is 45.6 Å². The molecular formula is C23H36N2O4S. The van der Waals surface area contributed by atoms with Crippen molar-refractivity contribution in [2.24, 2.45) is 5.92 Å². The van der Waals surface area contributed by atoms with E-state index >= 15 is 0 Å². The fourth-order valence-electron chi connectivity index (χ4n) is 4.51. The van der Waals surface area contributed by atoms with E-state index in [9.17, 15) is 13.2 Å². The van der Waals surface area contributed by atoms with Crippen molar-refractivity contribution in [1.29, 1.82) is 0 Å². The van der Waals surface area contributed by atoms with E-state index < -0.39 is 10.0 Å². The van der Waals surface area contributed by atoms with Gasteiger partial charge in [0.1, 0.15) is 10.6 Å². The largest absolute Gasteiger partial charge is 0.495 e. The van der Waals surface area contributed by atoms with Gasteiger partial charge in [-0.05, 0) is 49.3 Å². The summed E-state index contributed by atoms with van der Waals surface area (Å²) in [6.07, 6.45) is 8.25. The molecule has 0 unspecified atom stereocenters. The van der Waals surface area contributed by atoms with Crippen molar-refractivity contribution in [2.45, 2.75) is 82.1 Å². The van der Waals surface area contributed by atoms with Crippen LogP contribution in [-0.2, 0) is 14.8 Å². The number of methoxy groups -OCH3 is 1. The monoisotopic (exact) mass is 436 g/mol. The maximum Gasteiger partial charge on any atom is 0.246 e. The van der Waals surface area contributed by atoms with Crippen LogP contribution in [0.4, 0.5) is 0 Å². The zero-order valence-corrected chi connectivity index (χ0v) is 19.3. The Hall–Kier alpha value is -1.60. The van der Waals surface area contributed by atoms with Crippen LogP contribution >= 0.6 is 0 Å². The second kappa shape index (κ2) is 10.1. The first kappa shape index (κ1) is 23.1. The van der Waals surface area contributed by atoms with Gasteiger partial charge in [-0.2, -0.15) is 4.31 Å². The number of nitrogens with one attached hydrogen (secondary N) is 1. The third-order valence-electron chi connectivity index (χ3n) is 6.43. The summed E-state index contributed by atoms with van der Waals surface area (Å²) in [5.74, 6) is 0.273. The molecule has 0 aromatic heterocycles. The predicted octanol–water partition coefficient (Wildman–Crippen LogP) is 4.06. The van der Waals surface area contributed by atoms with Gasteiger partial charge < -0.3 is 10.1 Å². The standard InChI is InChI=1S/C23H36N2O4S/c1-17(2)18-12-13-21(29-3)22(15-18)30(27,28)25-14-8-9-19(16-25)23(26)24-20-10-6-4-5-7-11-20/h12-13,15,17,19-20H,4-11,14,16H2,1-3H3,(H,24,26)/t19-/m0/s1. The quantitative estimate of drug-likeness (QED) is 0.683. The molecule has 3 rings (SSSR count). The van der Waals surface area contributed by atoms with E-state index in [0.717, 1.165) is 37.7 Å². The zero-order chi connectivity index (χ0) is 21.7. The van der Waals surface area contributed by atoms with Crippen LogP contribution in [0.2, 0.25) is 0 Å². The molecule has 1 N–H and O–H groups in total. The minimum absolute atomic E-state index is 0.00435. The second-order valence-electron chi connectivity index (χ2n) is 8.96. The summed E-state index contributed by atoms with van der Waals surface area (Å²) < 4.78 is 33.7. The molecule has 2 aliphatic rings. The Labute approximate surface area is 181 Å². The molecule has 1 heterocycles. The minimum atomic E-state index is -3.74. The van der Waals surface area contributed by atoms with E-state index in [4.69, 9.17) is 4.74 Å². The molecular weight excluding hydrogens is 400 g/mol. The Balaban J connectivity index is 1.75. The highest BCUT2D eigenvalue weighted by Crippen LogP contribution is 2.32. The highest BCUT2D eigenvalue weighted by atomic mass is 32.2. The van der Waals surface area contributed by atoms with Crippen molar-refractivity contribution in [1.82, 2.24) is 9.62 Å². The molecule has 0 spiro atoms. The third kappa shape index (κ3) is 5.35. The van der Waals surface area contributed by atoms with Gasteiger partial charge in [0.05, 0.1) is 13.0 Å². The average Bonchev–Trinajstić information content (AvgIpc) is 3.02. The van der Waals surface area contributed by atoms with Crippen LogP contribution in [-0.4, -0.2) is 44.9 Å². The lowest BCUT2D eigenvalue weighted by Gasteiger charge is -2.32. The lowest BCUT2D eigenvalue weighted by atomic mass is 9.97. The van der Waals surface area contributed by atoms with E-state index in [1.807, 2.05) is 19.9 Å². The number of sulfonamides is 1.